The number of nitro groups is 1. The van der Waals surface area contributed by atoms with Gasteiger partial charge < -0.3 is 9.64 Å². The molecule has 0 atom stereocenters. The monoisotopic (exact) mass is 394 g/mol. The average Bonchev–Trinajstić information content (AvgIpc) is 3.06. The topological polar surface area (TPSA) is 117 Å². The fourth-order valence-electron chi connectivity index (χ4n) is 3.02. The van der Waals surface area contributed by atoms with Gasteiger partial charge in [-0.2, -0.15) is 5.10 Å². The van der Waals surface area contributed by atoms with Crippen LogP contribution in [0.3, 0.4) is 0 Å². The van der Waals surface area contributed by atoms with E-state index < -0.39 is 10.9 Å². The second-order valence-electron chi connectivity index (χ2n) is 6.17. The van der Waals surface area contributed by atoms with Crippen LogP contribution in [0.15, 0.2) is 12.1 Å². The van der Waals surface area contributed by atoms with Crippen molar-refractivity contribution in [1.29, 1.82) is 0 Å². The molecule has 1 saturated heterocycles. The number of rotatable bonds is 5. The zero-order chi connectivity index (χ0) is 19.6. The maximum absolute atomic E-state index is 11.8. The summed E-state index contributed by atoms with van der Waals surface area (Å²) in [5, 5.41) is 18.6. The third kappa shape index (κ3) is 4.17. The predicted molar refractivity (Wildman–Crippen MR) is 98.1 cm³/mol. The first-order valence-electron chi connectivity index (χ1n) is 8.30. The van der Waals surface area contributed by atoms with E-state index in [-0.39, 0.29) is 16.3 Å². The highest BCUT2D eigenvalue weighted by Crippen LogP contribution is 2.35. The highest BCUT2D eigenvalue weighted by molar-refractivity contribution is 6.34. The summed E-state index contributed by atoms with van der Waals surface area (Å²) in [7, 11) is 1.20. The molecule has 1 aromatic carbocycles. The molecule has 0 bridgehead atoms. The molecule has 0 saturated carbocycles. The number of esters is 1. The lowest BCUT2D eigenvalue weighted by molar-refractivity contribution is -0.384. The quantitative estimate of drug-likeness (QED) is 0.463. The molecule has 2 heterocycles. The van der Waals surface area contributed by atoms with Gasteiger partial charge in [-0.3, -0.25) is 20.1 Å². The number of H-pyrrole nitrogens is 1. The van der Waals surface area contributed by atoms with Crippen molar-refractivity contribution in [3.8, 4) is 0 Å². The van der Waals surface area contributed by atoms with E-state index in [2.05, 4.69) is 24.8 Å². The van der Waals surface area contributed by atoms with Gasteiger partial charge in [0.25, 0.3) is 5.69 Å². The van der Waals surface area contributed by atoms with Gasteiger partial charge in [-0.1, -0.05) is 11.6 Å². The molecule has 144 valence electrons. The maximum Gasteiger partial charge on any atom is 0.339 e. The summed E-state index contributed by atoms with van der Waals surface area (Å²) in [6, 6.07) is 2.63. The van der Waals surface area contributed by atoms with Crippen LogP contribution in [0.4, 0.5) is 11.4 Å². The molecule has 1 fully saturated rings. The Morgan fingerprint density at radius 2 is 2.07 bits per heavy atom. The first-order valence-corrected chi connectivity index (χ1v) is 8.68. The Bertz CT molecular complexity index is 863. The van der Waals surface area contributed by atoms with Crippen molar-refractivity contribution in [2.45, 2.75) is 13.5 Å². The molecule has 1 N–H and O–H groups in total. The Morgan fingerprint density at radius 3 is 2.63 bits per heavy atom. The largest absolute Gasteiger partial charge is 0.465 e. The van der Waals surface area contributed by atoms with E-state index >= 15 is 0 Å². The first kappa shape index (κ1) is 19.1. The van der Waals surface area contributed by atoms with Crippen molar-refractivity contribution in [3.63, 3.8) is 0 Å². The van der Waals surface area contributed by atoms with E-state index in [1.54, 1.807) is 0 Å². The zero-order valence-electron chi connectivity index (χ0n) is 14.9. The van der Waals surface area contributed by atoms with E-state index in [1.807, 2.05) is 11.8 Å². The Morgan fingerprint density at radius 1 is 1.37 bits per heavy atom. The summed E-state index contributed by atoms with van der Waals surface area (Å²) < 4.78 is 4.63. The number of ether oxygens (including phenoxy) is 1. The van der Waals surface area contributed by atoms with Crippen LogP contribution in [0.5, 0.6) is 0 Å². The summed E-state index contributed by atoms with van der Waals surface area (Å²) in [5.74, 6) is 0.776. The molecule has 1 aliphatic heterocycles. The van der Waals surface area contributed by atoms with Gasteiger partial charge in [-0.05, 0) is 13.0 Å². The van der Waals surface area contributed by atoms with Crippen molar-refractivity contribution in [2.24, 2.45) is 0 Å². The number of aromatic nitrogens is 3. The number of carbonyl (C=O) groups is 1. The van der Waals surface area contributed by atoms with Gasteiger partial charge in [0.15, 0.2) is 5.82 Å². The van der Waals surface area contributed by atoms with Gasteiger partial charge in [0.1, 0.15) is 11.5 Å². The number of anilines is 1. The molecule has 27 heavy (non-hydrogen) atoms. The Balaban J connectivity index is 1.76. The predicted octanol–water partition coefficient (Wildman–Crippen LogP) is 1.78. The van der Waals surface area contributed by atoms with Crippen LogP contribution in [-0.2, 0) is 11.3 Å². The van der Waals surface area contributed by atoms with Crippen LogP contribution in [0.2, 0.25) is 5.02 Å². The number of carbonyl (C=O) groups excluding carboxylic acids is 1. The van der Waals surface area contributed by atoms with Gasteiger partial charge in [0.05, 0.1) is 29.2 Å². The van der Waals surface area contributed by atoms with E-state index in [4.69, 9.17) is 11.6 Å². The number of nitrogens with one attached hydrogen (secondary N) is 1. The zero-order valence-corrected chi connectivity index (χ0v) is 15.7. The van der Waals surface area contributed by atoms with E-state index in [1.165, 1.54) is 19.2 Å². The number of nitro benzene ring substituents is 1. The van der Waals surface area contributed by atoms with Crippen LogP contribution in [0.25, 0.3) is 0 Å². The number of hydrogen-bond acceptors (Lipinski definition) is 8. The smallest absolute Gasteiger partial charge is 0.339 e. The minimum Gasteiger partial charge on any atom is -0.465 e. The summed E-state index contributed by atoms with van der Waals surface area (Å²) in [5.41, 5.74) is 0.206. The third-order valence-corrected chi connectivity index (χ3v) is 4.70. The summed E-state index contributed by atoms with van der Waals surface area (Å²) in [4.78, 5) is 31.1. The molecule has 0 radical (unpaired) electrons. The number of piperazine rings is 1. The second-order valence-corrected chi connectivity index (χ2v) is 6.58. The summed E-state index contributed by atoms with van der Waals surface area (Å²) in [6.45, 7) is 5.01. The molecule has 0 aliphatic carbocycles. The molecule has 0 spiro atoms. The fourth-order valence-corrected chi connectivity index (χ4v) is 3.26. The summed E-state index contributed by atoms with van der Waals surface area (Å²) in [6.07, 6.45) is 0. The number of benzene rings is 1. The van der Waals surface area contributed by atoms with E-state index in [0.717, 1.165) is 11.6 Å². The number of nitrogens with zero attached hydrogens (tertiary/aromatic N) is 5. The lowest BCUT2D eigenvalue weighted by Gasteiger charge is -2.35. The SMILES string of the molecule is COC(=O)c1cc([N+](=O)[O-])c(N2CCN(Cc3n[nH]c(C)n3)CC2)cc1Cl. The first-order chi connectivity index (χ1) is 12.9. The Kier molecular flexibility index (Phi) is 5.57. The molecule has 0 amide bonds. The fraction of sp³-hybridized carbons (Fsp3) is 0.438. The van der Waals surface area contributed by atoms with Gasteiger partial charge in [-0.25, -0.2) is 9.78 Å². The molecule has 1 aliphatic rings. The minimum atomic E-state index is -0.707. The molecule has 0 unspecified atom stereocenters. The lowest BCUT2D eigenvalue weighted by Crippen LogP contribution is -2.46. The normalized spacial score (nSPS) is 15.0. The Hall–Kier alpha value is -2.72. The summed E-state index contributed by atoms with van der Waals surface area (Å²) >= 11 is 6.16. The maximum atomic E-state index is 11.8. The number of halogens is 1. The highest BCUT2D eigenvalue weighted by atomic mass is 35.5. The van der Waals surface area contributed by atoms with Crippen LogP contribution in [-0.4, -0.2) is 64.3 Å². The van der Waals surface area contributed by atoms with Crippen LogP contribution in [0, 0.1) is 17.0 Å². The number of aryl methyl sites for hydroxylation is 1. The molecule has 10 nitrogen and oxygen atoms in total. The number of aromatic amines is 1. The van der Waals surface area contributed by atoms with Gasteiger partial charge in [-0.15, -0.1) is 0 Å². The standard InChI is InChI=1S/C16H19ClN6O4/c1-10-18-15(20-19-10)9-21-3-5-22(6-4-21)13-8-12(17)11(16(24)27-2)7-14(13)23(25)26/h7-8H,3-6,9H2,1-2H3,(H,18,19,20). The third-order valence-electron chi connectivity index (χ3n) is 4.39. The van der Waals surface area contributed by atoms with Crippen molar-refractivity contribution in [1.82, 2.24) is 20.1 Å². The van der Waals surface area contributed by atoms with Crippen molar-refractivity contribution < 1.29 is 14.5 Å². The lowest BCUT2D eigenvalue weighted by atomic mass is 10.1. The van der Waals surface area contributed by atoms with Crippen LogP contribution in [0.1, 0.15) is 22.0 Å². The number of hydrogen-bond donors (Lipinski definition) is 1. The second kappa shape index (κ2) is 7.89. The highest BCUT2D eigenvalue weighted by Gasteiger charge is 2.27. The van der Waals surface area contributed by atoms with Crippen molar-refractivity contribution in [2.75, 3.05) is 38.2 Å². The number of methoxy groups -OCH3 is 1. The van der Waals surface area contributed by atoms with E-state index in [9.17, 15) is 14.9 Å². The van der Waals surface area contributed by atoms with E-state index in [0.29, 0.717) is 38.4 Å². The van der Waals surface area contributed by atoms with Gasteiger partial charge in [0.2, 0.25) is 0 Å². The van der Waals surface area contributed by atoms with Gasteiger partial charge in [0, 0.05) is 32.2 Å². The van der Waals surface area contributed by atoms with Crippen LogP contribution >= 0.6 is 11.6 Å². The van der Waals surface area contributed by atoms with Crippen LogP contribution < -0.4 is 4.90 Å². The molecular formula is C16H19ClN6O4. The molecule has 3 rings (SSSR count). The molecule has 11 heteroatoms. The molecular weight excluding hydrogens is 376 g/mol. The van der Waals surface area contributed by atoms with Crippen molar-refractivity contribution >= 4 is 28.9 Å². The molecule has 1 aromatic heterocycles. The van der Waals surface area contributed by atoms with Crippen molar-refractivity contribution in [3.05, 3.63) is 44.5 Å². The van der Waals surface area contributed by atoms with Gasteiger partial charge >= 0.3 is 5.97 Å². The minimum absolute atomic E-state index is 0.0202. The molecule has 2 aromatic rings. The Labute approximate surface area is 160 Å². The average molecular weight is 395 g/mol.